The van der Waals surface area contributed by atoms with Gasteiger partial charge in [-0.2, -0.15) is 0 Å². The number of rotatable bonds is 5. The van der Waals surface area contributed by atoms with Crippen LogP contribution >= 0.6 is 0 Å². The lowest BCUT2D eigenvalue weighted by molar-refractivity contribution is 0.419. The summed E-state index contributed by atoms with van der Waals surface area (Å²) in [5, 5.41) is 0. The van der Waals surface area contributed by atoms with Gasteiger partial charge in [-0.1, -0.05) is 86.0 Å². The predicted octanol–water partition coefficient (Wildman–Crippen LogP) is 6.42. The van der Waals surface area contributed by atoms with Gasteiger partial charge in [0, 0.05) is 0 Å². The number of benzene rings is 2. The molecule has 1 aliphatic carbocycles. The molecule has 0 heteroatoms. The standard InChI is InChI=1S/C22H26/c1-3-9-19(10-4-1)11-7-8-12-20-15-17-22(18-16-20)21-13-5-2-6-14-21/h2,5-7,11,13-19H,1,3-4,8-10,12H2/b11-7+. The summed E-state index contributed by atoms with van der Waals surface area (Å²) < 4.78 is 0. The Hall–Kier alpha value is -1.82. The van der Waals surface area contributed by atoms with E-state index in [4.69, 9.17) is 0 Å². The van der Waals surface area contributed by atoms with Crippen LogP contribution in [0, 0.1) is 5.92 Å². The number of allylic oxidation sites excluding steroid dienone is 2. The molecule has 0 bridgehead atoms. The fourth-order valence-corrected chi connectivity index (χ4v) is 3.36. The molecule has 0 saturated heterocycles. The quantitative estimate of drug-likeness (QED) is 0.557. The SMILES string of the molecule is C(=C\C1CCCCC1)/CCc1ccc(-c2ccccc2)cc1. The van der Waals surface area contributed by atoms with E-state index in [1.165, 1.54) is 55.2 Å². The fraction of sp³-hybridized carbons (Fsp3) is 0.364. The molecule has 0 aromatic heterocycles. The zero-order valence-corrected chi connectivity index (χ0v) is 13.4. The number of aryl methyl sites for hydroxylation is 1. The Kier molecular flexibility index (Phi) is 5.48. The minimum absolute atomic E-state index is 0.856. The summed E-state index contributed by atoms with van der Waals surface area (Å²) in [5.41, 5.74) is 4.04. The van der Waals surface area contributed by atoms with Crippen molar-refractivity contribution < 1.29 is 0 Å². The molecule has 0 aliphatic heterocycles. The van der Waals surface area contributed by atoms with Crippen molar-refractivity contribution in [1.82, 2.24) is 0 Å². The zero-order valence-electron chi connectivity index (χ0n) is 13.4. The molecule has 0 N–H and O–H groups in total. The molecular formula is C22H26. The summed E-state index contributed by atoms with van der Waals surface area (Å²) in [6.07, 6.45) is 14.3. The molecule has 3 rings (SSSR count). The minimum Gasteiger partial charge on any atom is -0.0879 e. The van der Waals surface area contributed by atoms with Crippen LogP contribution in [-0.2, 0) is 6.42 Å². The van der Waals surface area contributed by atoms with Crippen LogP contribution in [0.5, 0.6) is 0 Å². The van der Waals surface area contributed by atoms with E-state index in [9.17, 15) is 0 Å². The van der Waals surface area contributed by atoms with Crippen LogP contribution in [0.3, 0.4) is 0 Å². The first-order chi connectivity index (χ1) is 10.9. The third kappa shape index (κ3) is 4.34. The van der Waals surface area contributed by atoms with E-state index in [2.05, 4.69) is 66.7 Å². The van der Waals surface area contributed by atoms with Crippen molar-refractivity contribution >= 4 is 0 Å². The zero-order chi connectivity index (χ0) is 15.0. The highest BCUT2D eigenvalue weighted by Gasteiger charge is 2.09. The highest BCUT2D eigenvalue weighted by Crippen LogP contribution is 2.25. The molecule has 1 fully saturated rings. The van der Waals surface area contributed by atoms with Crippen molar-refractivity contribution in [2.75, 3.05) is 0 Å². The molecule has 2 aromatic carbocycles. The van der Waals surface area contributed by atoms with E-state index in [1.807, 2.05) is 0 Å². The normalized spacial score (nSPS) is 16.2. The second-order valence-corrected chi connectivity index (χ2v) is 6.43. The Balaban J connectivity index is 1.50. The molecule has 0 spiro atoms. The molecule has 22 heavy (non-hydrogen) atoms. The highest BCUT2D eigenvalue weighted by atomic mass is 14.1. The maximum atomic E-state index is 2.47. The predicted molar refractivity (Wildman–Crippen MR) is 95.9 cm³/mol. The molecular weight excluding hydrogens is 264 g/mol. The van der Waals surface area contributed by atoms with E-state index in [0.29, 0.717) is 0 Å². The second kappa shape index (κ2) is 7.98. The van der Waals surface area contributed by atoms with E-state index in [0.717, 1.165) is 12.3 Å². The highest BCUT2D eigenvalue weighted by molar-refractivity contribution is 5.63. The summed E-state index contributed by atoms with van der Waals surface area (Å²) in [4.78, 5) is 0. The second-order valence-electron chi connectivity index (χ2n) is 6.43. The molecule has 1 saturated carbocycles. The maximum absolute atomic E-state index is 2.47. The Labute approximate surface area is 134 Å². The Morgan fingerprint density at radius 1 is 0.773 bits per heavy atom. The first-order valence-corrected chi connectivity index (χ1v) is 8.73. The van der Waals surface area contributed by atoms with Crippen molar-refractivity contribution in [2.45, 2.75) is 44.9 Å². The minimum atomic E-state index is 0.856. The molecule has 1 aliphatic rings. The van der Waals surface area contributed by atoms with Crippen LogP contribution < -0.4 is 0 Å². The smallest absolute Gasteiger partial charge is 0.0184 e. The molecule has 0 heterocycles. The fourth-order valence-electron chi connectivity index (χ4n) is 3.36. The molecule has 0 nitrogen and oxygen atoms in total. The molecule has 0 radical (unpaired) electrons. The van der Waals surface area contributed by atoms with Gasteiger partial charge in [0.1, 0.15) is 0 Å². The Morgan fingerprint density at radius 2 is 1.45 bits per heavy atom. The van der Waals surface area contributed by atoms with Crippen molar-refractivity contribution in [2.24, 2.45) is 5.92 Å². The summed E-state index contributed by atoms with van der Waals surface area (Å²) in [6, 6.07) is 19.6. The maximum Gasteiger partial charge on any atom is -0.0184 e. The number of hydrogen-bond donors (Lipinski definition) is 0. The molecule has 0 atom stereocenters. The van der Waals surface area contributed by atoms with Gasteiger partial charge in [0.05, 0.1) is 0 Å². The third-order valence-electron chi connectivity index (χ3n) is 4.72. The van der Waals surface area contributed by atoms with Gasteiger partial charge in [-0.25, -0.2) is 0 Å². The molecule has 114 valence electrons. The molecule has 0 unspecified atom stereocenters. The Bertz CT molecular complexity index is 571. The van der Waals surface area contributed by atoms with E-state index in [-0.39, 0.29) is 0 Å². The summed E-state index contributed by atoms with van der Waals surface area (Å²) in [6.45, 7) is 0. The first kappa shape index (κ1) is 15.1. The van der Waals surface area contributed by atoms with Gasteiger partial charge in [-0.3, -0.25) is 0 Å². The van der Waals surface area contributed by atoms with E-state index in [1.54, 1.807) is 0 Å². The third-order valence-corrected chi connectivity index (χ3v) is 4.72. The lowest BCUT2D eigenvalue weighted by Crippen LogP contribution is -2.02. The van der Waals surface area contributed by atoms with Crippen molar-refractivity contribution in [1.29, 1.82) is 0 Å². The lowest BCUT2D eigenvalue weighted by Gasteiger charge is -2.17. The van der Waals surface area contributed by atoms with Crippen LogP contribution in [0.4, 0.5) is 0 Å². The lowest BCUT2D eigenvalue weighted by atomic mass is 9.89. The summed E-state index contributed by atoms with van der Waals surface area (Å²) >= 11 is 0. The summed E-state index contributed by atoms with van der Waals surface area (Å²) in [5.74, 6) is 0.856. The largest absolute Gasteiger partial charge is 0.0879 e. The van der Waals surface area contributed by atoms with Gasteiger partial charge in [-0.05, 0) is 48.3 Å². The van der Waals surface area contributed by atoms with E-state index >= 15 is 0 Å². The van der Waals surface area contributed by atoms with Gasteiger partial charge < -0.3 is 0 Å². The van der Waals surface area contributed by atoms with Crippen LogP contribution in [0.25, 0.3) is 11.1 Å². The van der Waals surface area contributed by atoms with Crippen molar-refractivity contribution in [3.05, 3.63) is 72.3 Å². The average molecular weight is 290 g/mol. The Morgan fingerprint density at radius 3 is 2.18 bits per heavy atom. The monoisotopic (exact) mass is 290 g/mol. The van der Waals surface area contributed by atoms with Crippen LogP contribution in [0.15, 0.2) is 66.7 Å². The van der Waals surface area contributed by atoms with Gasteiger partial charge in [0.15, 0.2) is 0 Å². The first-order valence-electron chi connectivity index (χ1n) is 8.73. The van der Waals surface area contributed by atoms with Crippen LogP contribution in [0.2, 0.25) is 0 Å². The summed E-state index contributed by atoms with van der Waals surface area (Å²) in [7, 11) is 0. The average Bonchev–Trinajstić information content (AvgIpc) is 2.61. The van der Waals surface area contributed by atoms with Gasteiger partial charge in [0.2, 0.25) is 0 Å². The van der Waals surface area contributed by atoms with Crippen LogP contribution in [-0.4, -0.2) is 0 Å². The molecule has 0 amide bonds. The van der Waals surface area contributed by atoms with Crippen molar-refractivity contribution in [3.63, 3.8) is 0 Å². The number of hydrogen-bond acceptors (Lipinski definition) is 0. The molecule has 2 aromatic rings. The topological polar surface area (TPSA) is 0 Å². The van der Waals surface area contributed by atoms with Gasteiger partial charge >= 0.3 is 0 Å². The van der Waals surface area contributed by atoms with E-state index < -0.39 is 0 Å². The van der Waals surface area contributed by atoms with Crippen LogP contribution in [0.1, 0.15) is 44.1 Å². The van der Waals surface area contributed by atoms with Gasteiger partial charge in [-0.15, -0.1) is 0 Å². The van der Waals surface area contributed by atoms with Gasteiger partial charge in [0.25, 0.3) is 0 Å². The van der Waals surface area contributed by atoms with Crippen molar-refractivity contribution in [3.8, 4) is 11.1 Å².